The molecule has 1 aliphatic heterocycles. The Hall–Kier alpha value is -3.93. The molecule has 14 heteroatoms. The number of benzene rings is 1. The number of hydrogen-bond acceptors (Lipinski definition) is 10. The zero-order valence-corrected chi connectivity index (χ0v) is 22.1. The van der Waals surface area contributed by atoms with Crippen LogP contribution in [0, 0.1) is 23.0 Å². The van der Waals surface area contributed by atoms with Gasteiger partial charge in [0.25, 0.3) is 10.0 Å². The van der Waals surface area contributed by atoms with Crippen LogP contribution in [0.15, 0.2) is 42.7 Å². The fraction of sp³-hybridized carbons (Fsp3) is 0.360. The fourth-order valence-electron chi connectivity index (χ4n) is 3.65. The van der Waals surface area contributed by atoms with Crippen molar-refractivity contribution in [1.82, 2.24) is 20.3 Å². The van der Waals surface area contributed by atoms with Gasteiger partial charge in [0.1, 0.15) is 5.60 Å². The fourth-order valence-corrected chi connectivity index (χ4v) is 4.65. The summed E-state index contributed by atoms with van der Waals surface area (Å²) in [5, 5.41) is 15.5. The lowest BCUT2D eigenvalue weighted by molar-refractivity contribution is 0.0567. The smallest absolute Gasteiger partial charge is 0.257 e. The molecule has 0 spiro atoms. The van der Waals surface area contributed by atoms with Gasteiger partial charge in [0.15, 0.2) is 17.5 Å². The number of piperidine rings is 1. The van der Waals surface area contributed by atoms with E-state index in [1.54, 1.807) is 30.5 Å². The first-order chi connectivity index (χ1) is 18.6. The maximum absolute atomic E-state index is 14.9. The molecule has 0 saturated carbocycles. The monoisotopic (exact) mass is 559 g/mol. The second kappa shape index (κ2) is 11.9. The Labute approximate surface area is 224 Å². The zero-order chi connectivity index (χ0) is 28.0. The number of hydrogen-bond donors (Lipinski definition) is 3. The van der Waals surface area contributed by atoms with E-state index in [1.807, 2.05) is 4.72 Å². The molecule has 0 aliphatic carbocycles. The Balaban J connectivity index is 1.53. The van der Waals surface area contributed by atoms with E-state index in [-0.39, 0.29) is 11.9 Å². The summed E-state index contributed by atoms with van der Waals surface area (Å²) < 4.78 is 66.8. The lowest BCUT2D eigenvalue weighted by atomic mass is 10.1. The van der Waals surface area contributed by atoms with Crippen molar-refractivity contribution in [3.8, 4) is 29.0 Å². The molecule has 39 heavy (non-hydrogen) atoms. The summed E-state index contributed by atoms with van der Waals surface area (Å²) in [6, 6.07) is 8.98. The third kappa shape index (κ3) is 7.34. The molecule has 0 bridgehead atoms. The molecule has 1 atom stereocenters. The van der Waals surface area contributed by atoms with Crippen LogP contribution in [0.3, 0.4) is 0 Å². The molecule has 3 heterocycles. The molecule has 1 aromatic carbocycles. The van der Waals surface area contributed by atoms with Gasteiger partial charge in [-0.1, -0.05) is 0 Å². The lowest BCUT2D eigenvalue weighted by Crippen LogP contribution is -2.38. The normalized spacial score (nSPS) is 15.8. The van der Waals surface area contributed by atoms with Gasteiger partial charge in [0.2, 0.25) is 17.6 Å². The third-order valence-corrected chi connectivity index (χ3v) is 6.65. The molecule has 1 fully saturated rings. The molecule has 3 N–H and O–H groups in total. The van der Waals surface area contributed by atoms with E-state index in [0.717, 1.165) is 38.1 Å². The van der Waals surface area contributed by atoms with E-state index >= 15 is 0 Å². The number of nitrogens with one attached hydrogen (secondary N) is 3. The van der Waals surface area contributed by atoms with Crippen LogP contribution in [0.4, 0.5) is 20.4 Å². The minimum Gasteiger partial charge on any atom is -0.435 e. The second-order valence-corrected chi connectivity index (χ2v) is 10.9. The van der Waals surface area contributed by atoms with Gasteiger partial charge < -0.3 is 20.1 Å². The maximum atomic E-state index is 14.9. The van der Waals surface area contributed by atoms with Crippen molar-refractivity contribution in [3.05, 3.63) is 54.4 Å². The molecule has 0 amide bonds. The number of sulfonamides is 1. The first-order valence-corrected chi connectivity index (χ1v) is 13.7. The van der Waals surface area contributed by atoms with Gasteiger partial charge >= 0.3 is 0 Å². The van der Waals surface area contributed by atoms with Gasteiger partial charge in [-0.2, -0.15) is 9.65 Å². The summed E-state index contributed by atoms with van der Waals surface area (Å²) in [5.41, 5.74) is -1.18. The molecule has 0 unspecified atom stereocenters. The van der Waals surface area contributed by atoms with Crippen LogP contribution in [0.5, 0.6) is 11.6 Å². The predicted molar refractivity (Wildman–Crippen MR) is 139 cm³/mol. The summed E-state index contributed by atoms with van der Waals surface area (Å²) >= 11 is 0. The van der Waals surface area contributed by atoms with Crippen LogP contribution >= 0.6 is 0 Å². The molecular formula is C25H27F2N7O4S. The van der Waals surface area contributed by atoms with Gasteiger partial charge in [-0.05, 0) is 63.6 Å². The highest BCUT2D eigenvalue weighted by Crippen LogP contribution is 2.34. The zero-order valence-electron chi connectivity index (χ0n) is 21.2. The van der Waals surface area contributed by atoms with Gasteiger partial charge in [-0.15, -0.1) is 0 Å². The number of halogens is 2. The average molecular weight is 560 g/mol. The SMILES string of the molecule is CC(C)(C#N)OCS(=O)(=O)Nc1ccc(Oc2ncccc2-c2ccnc(N[C@H]3CCCNC3)n2)c(F)c1F. The van der Waals surface area contributed by atoms with Crippen LogP contribution in [-0.2, 0) is 14.8 Å². The van der Waals surface area contributed by atoms with Gasteiger partial charge in [-0.3, -0.25) is 4.72 Å². The van der Waals surface area contributed by atoms with Crippen molar-refractivity contribution in [2.45, 2.75) is 38.3 Å². The van der Waals surface area contributed by atoms with Crippen molar-refractivity contribution < 1.29 is 26.7 Å². The Morgan fingerprint density at radius 2 is 2.00 bits per heavy atom. The molecule has 2 aromatic heterocycles. The molecule has 0 radical (unpaired) electrons. The molecule has 11 nitrogen and oxygen atoms in total. The van der Waals surface area contributed by atoms with Crippen molar-refractivity contribution in [2.24, 2.45) is 0 Å². The van der Waals surface area contributed by atoms with Crippen LogP contribution < -0.4 is 20.1 Å². The van der Waals surface area contributed by atoms with Crippen LogP contribution in [-0.4, -0.2) is 54.0 Å². The Kier molecular flexibility index (Phi) is 8.54. The Morgan fingerprint density at radius 3 is 2.74 bits per heavy atom. The highest BCUT2D eigenvalue weighted by atomic mass is 32.2. The van der Waals surface area contributed by atoms with E-state index in [4.69, 9.17) is 14.7 Å². The van der Waals surface area contributed by atoms with E-state index in [2.05, 4.69) is 25.6 Å². The minimum absolute atomic E-state index is 0.0414. The highest BCUT2D eigenvalue weighted by Gasteiger charge is 2.24. The summed E-state index contributed by atoms with van der Waals surface area (Å²) in [5.74, 6) is -4.00. The molecule has 1 aliphatic rings. The first kappa shape index (κ1) is 28.1. The van der Waals surface area contributed by atoms with Crippen LogP contribution in [0.2, 0.25) is 0 Å². The average Bonchev–Trinajstić information content (AvgIpc) is 2.93. The number of nitrogens with zero attached hydrogens (tertiary/aromatic N) is 4. The number of aromatic nitrogens is 3. The van der Waals surface area contributed by atoms with Crippen LogP contribution in [0.25, 0.3) is 11.3 Å². The predicted octanol–water partition coefficient (Wildman–Crippen LogP) is 3.79. The van der Waals surface area contributed by atoms with Crippen molar-refractivity contribution in [3.63, 3.8) is 0 Å². The Morgan fingerprint density at radius 1 is 1.18 bits per heavy atom. The van der Waals surface area contributed by atoms with Gasteiger partial charge in [0.05, 0.1) is 23.0 Å². The highest BCUT2D eigenvalue weighted by molar-refractivity contribution is 7.92. The van der Waals surface area contributed by atoms with Crippen molar-refractivity contribution >= 4 is 21.7 Å². The third-order valence-electron chi connectivity index (χ3n) is 5.70. The number of pyridine rings is 1. The minimum atomic E-state index is -4.25. The summed E-state index contributed by atoms with van der Waals surface area (Å²) in [6.45, 7) is 4.49. The molecule has 1 saturated heterocycles. The maximum Gasteiger partial charge on any atom is 0.257 e. The summed E-state index contributed by atoms with van der Waals surface area (Å²) in [7, 11) is -4.25. The van der Waals surface area contributed by atoms with Crippen LogP contribution in [0.1, 0.15) is 26.7 Å². The summed E-state index contributed by atoms with van der Waals surface area (Å²) in [4.78, 5) is 12.9. The first-order valence-electron chi connectivity index (χ1n) is 12.0. The quantitative estimate of drug-likeness (QED) is 0.335. The van der Waals surface area contributed by atoms with Gasteiger partial charge in [0, 0.05) is 25.0 Å². The van der Waals surface area contributed by atoms with E-state index < -0.39 is 44.6 Å². The number of ether oxygens (including phenoxy) is 2. The molecule has 4 rings (SSSR count). The number of rotatable bonds is 10. The second-order valence-electron chi connectivity index (χ2n) is 9.25. The largest absolute Gasteiger partial charge is 0.435 e. The van der Waals surface area contributed by atoms with Crippen molar-refractivity contribution in [2.75, 3.05) is 29.1 Å². The van der Waals surface area contributed by atoms with E-state index in [9.17, 15) is 17.2 Å². The van der Waals surface area contributed by atoms with E-state index in [0.29, 0.717) is 17.2 Å². The number of nitriles is 1. The molecule has 3 aromatic rings. The standard InChI is InChI=1S/C25H27F2N7O4S/c1-25(2,14-28)37-15-39(35,36)34-19-7-8-20(22(27)21(19)26)38-23-17(6-4-11-30-23)18-9-12-31-24(33-18)32-16-5-3-10-29-13-16/h4,6-9,11-12,16,29,34H,3,5,10,13,15H2,1-2H3,(H,31,32,33)/t16-/m0/s1. The van der Waals surface area contributed by atoms with Gasteiger partial charge in [-0.25, -0.2) is 27.8 Å². The topological polar surface area (TPSA) is 151 Å². The summed E-state index contributed by atoms with van der Waals surface area (Å²) in [6.07, 6.45) is 5.00. The van der Waals surface area contributed by atoms with Crippen molar-refractivity contribution in [1.29, 1.82) is 5.26 Å². The molecular weight excluding hydrogens is 532 g/mol. The Bertz CT molecular complexity index is 1480. The lowest BCUT2D eigenvalue weighted by Gasteiger charge is -2.23. The molecule has 206 valence electrons. The van der Waals surface area contributed by atoms with E-state index in [1.165, 1.54) is 20.0 Å². The number of anilines is 2.